The van der Waals surface area contributed by atoms with Crippen LogP contribution in [0.15, 0.2) is 48.5 Å². The number of nitrogens with one attached hydrogen (secondary N) is 2. The Morgan fingerprint density at radius 3 is 2.44 bits per heavy atom. The van der Waals surface area contributed by atoms with Crippen molar-refractivity contribution in [3.63, 3.8) is 0 Å². The fraction of sp³-hybridized carbons (Fsp3) is 0.261. The second-order valence-corrected chi connectivity index (χ2v) is 7.71. The number of rotatable bonds is 5. The lowest BCUT2D eigenvalue weighted by Gasteiger charge is -2.23. The molecule has 0 amide bonds. The summed E-state index contributed by atoms with van der Waals surface area (Å²) in [4.78, 5) is 21.7. The lowest BCUT2D eigenvalue weighted by atomic mass is 9.87. The van der Waals surface area contributed by atoms with Gasteiger partial charge < -0.3 is 15.4 Å². The highest BCUT2D eigenvalue weighted by Crippen LogP contribution is 2.34. The van der Waals surface area contributed by atoms with E-state index in [1.807, 2.05) is 6.92 Å². The maximum Gasteiger partial charge on any atom is 0.416 e. The third kappa shape index (κ3) is 4.66. The Balaban J connectivity index is 1.72. The molecule has 0 radical (unpaired) electrons. The first kappa shape index (κ1) is 21.6. The Hall–Kier alpha value is -3.62. The second kappa shape index (κ2) is 8.49. The number of halogens is 3. The summed E-state index contributed by atoms with van der Waals surface area (Å²) in [5, 5.41) is 5.99. The molecule has 1 aliphatic carbocycles. The molecular formula is C23H21F3N4O2. The zero-order chi connectivity index (χ0) is 22.9. The maximum atomic E-state index is 13.1. The van der Waals surface area contributed by atoms with Gasteiger partial charge in [-0.05, 0) is 54.8 Å². The van der Waals surface area contributed by atoms with Crippen LogP contribution in [-0.2, 0) is 12.6 Å². The standard InChI is InChI=1S/C23H21F3N4O2/c1-13-10-18-20(19(31)11-13)21(27-16-5-3-4-14(12-16)23(24,25)26)30-22(29-18)28-15-6-8-17(32-2)9-7-15/h3-9,12-13H,10-11H2,1-2H3,(H2,27,28,29,30). The summed E-state index contributed by atoms with van der Waals surface area (Å²) >= 11 is 0. The Bertz CT molecular complexity index is 1150. The van der Waals surface area contributed by atoms with E-state index in [2.05, 4.69) is 20.6 Å². The molecule has 0 saturated carbocycles. The van der Waals surface area contributed by atoms with Crippen molar-refractivity contribution >= 4 is 28.9 Å². The van der Waals surface area contributed by atoms with Gasteiger partial charge in [0.2, 0.25) is 5.95 Å². The van der Waals surface area contributed by atoms with Gasteiger partial charge in [-0.25, -0.2) is 4.98 Å². The smallest absolute Gasteiger partial charge is 0.416 e. The molecule has 9 heteroatoms. The molecule has 4 rings (SSSR count). The summed E-state index contributed by atoms with van der Waals surface area (Å²) in [5.74, 6) is 1.09. The first-order valence-corrected chi connectivity index (χ1v) is 10.0. The van der Waals surface area contributed by atoms with Gasteiger partial charge in [0.25, 0.3) is 0 Å². The van der Waals surface area contributed by atoms with Crippen molar-refractivity contribution in [1.29, 1.82) is 0 Å². The predicted octanol–water partition coefficient (Wildman–Crippen LogP) is 5.76. The summed E-state index contributed by atoms with van der Waals surface area (Å²) in [6.07, 6.45) is -3.58. The van der Waals surface area contributed by atoms with E-state index in [1.54, 1.807) is 31.4 Å². The zero-order valence-electron chi connectivity index (χ0n) is 17.5. The molecule has 0 saturated heterocycles. The van der Waals surface area contributed by atoms with Gasteiger partial charge in [-0.15, -0.1) is 0 Å². The van der Waals surface area contributed by atoms with Gasteiger partial charge in [-0.1, -0.05) is 13.0 Å². The summed E-state index contributed by atoms with van der Waals surface area (Å²) < 4.78 is 44.5. The number of fused-ring (bicyclic) bond motifs is 1. The average Bonchev–Trinajstić information content (AvgIpc) is 2.73. The van der Waals surface area contributed by atoms with Crippen LogP contribution in [0.2, 0.25) is 0 Å². The van der Waals surface area contributed by atoms with Crippen LogP contribution < -0.4 is 15.4 Å². The number of methoxy groups -OCH3 is 1. The van der Waals surface area contributed by atoms with Crippen LogP contribution in [0.3, 0.4) is 0 Å². The molecule has 1 unspecified atom stereocenters. The number of aromatic nitrogens is 2. The molecule has 1 heterocycles. The molecule has 1 aliphatic rings. The summed E-state index contributed by atoms with van der Waals surface area (Å²) in [6, 6.07) is 11.9. The minimum absolute atomic E-state index is 0.111. The first-order chi connectivity index (χ1) is 15.2. The SMILES string of the molecule is COc1ccc(Nc2nc3c(c(Nc4cccc(C(F)(F)F)c4)n2)C(=O)CC(C)C3)cc1. The quantitative estimate of drug-likeness (QED) is 0.524. The van der Waals surface area contributed by atoms with Crippen LogP contribution in [0.4, 0.5) is 36.3 Å². The average molecular weight is 442 g/mol. The number of ketones is 1. The largest absolute Gasteiger partial charge is 0.497 e. The first-order valence-electron chi connectivity index (χ1n) is 10.0. The minimum atomic E-state index is -4.48. The normalized spacial score (nSPS) is 15.8. The van der Waals surface area contributed by atoms with E-state index in [-0.39, 0.29) is 29.2 Å². The maximum absolute atomic E-state index is 13.1. The number of carbonyl (C=O) groups is 1. The third-order valence-electron chi connectivity index (χ3n) is 5.14. The number of benzene rings is 2. The van der Waals surface area contributed by atoms with Crippen molar-refractivity contribution in [2.45, 2.75) is 25.9 Å². The van der Waals surface area contributed by atoms with Crippen molar-refractivity contribution in [1.82, 2.24) is 9.97 Å². The highest BCUT2D eigenvalue weighted by molar-refractivity contribution is 6.03. The molecule has 3 aromatic rings. The highest BCUT2D eigenvalue weighted by Gasteiger charge is 2.31. The number of ether oxygens (including phenoxy) is 1. The van der Waals surface area contributed by atoms with E-state index in [0.717, 1.165) is 12.1 Å². The molecule has 0 fully saturated rings. The van der Waals surface area contributed by atoms with E-state index >= 15 is 0 Å². The molecule has 0 spiro atoms. The van der Waals surface area contributed by atoms with Crippen LogP contribution in [0.5, 0.6) is 5.75 Å². The van der Waals surface area contributed by atoms with Crippen molar-refractivity contribution < 1.29 is 22.7 Å². The van der Waals surface area contributed by atoms with E-state index in [4.69, 9.17) is 4.74 Å². The van der Waals surface area contributed by atoms with Crippen molar-refractivity contribution in [3.8, 4) is 5.75 Å². The molecule has 166 valence electrons. The number of anilines is 4. The fourth-order valence-corrected chi connectivity index (χ4v) is 3.63. The van der Waals surface area contributed by atoms with E-state index in [1.165, 1.54) is 12.1 Å². The number of hydrogen-bond acceptors (Lipinski definition) is 6. The Kier molecular flexibility index (Phi) is 5.73. The van der Waals surface area contributed by atoms with Gasteiger partial charge in [0.05, 0.1) is 23.9 Å². The number of nitrogens with zero attached hydrogens (tertiary/aromatic N) is 2. The number of alkyl halides is 3. The molecular weight excluding hydrogens is 421 g/mol. The van der Waals surface area contributed by atoms with Crippen LogP contribution in [0, 0.1) is 5.92 Å². The van der Waals surface area contributed by atoms with Crippen LogP contribution in [0.1, 0.15) is 35.0 Å². The third-order valence-corrected chi connectivity index (χ3v) is 5.14. The van der Waals surface area contributed by atoms with Crippen molar-refractivity contribution in [2.24, 2.45) is 5.92 Å². The molecule has 2 N–H and O–H groups in total. The van der Waals surface area contributed by atoms with Gasteiger partial charge >= 0.3 is 6.18 Å². The monoisotopic (exact) mass is 442 g/mol. The van der Waals surface area contributed by atoms with Crippen molar-refractivity contribution in [2.75, 3.05) is 17.7 Å². The van der Waals surface area contributed by atoms with Crippen LogP contribution >= 0.6 is 0 Å². The fourth-order valence-electron chi connectivity index (χ4n) is 3.63. The molecule has 6 nitrogen and oxygen atoms in total. The summed E-state index contributed by atoms with van der Waals surface area (Å²) in [5.41, 5.74) is 0.977. The van der Waals surface area contributed by atoms with Crippen molar-refractivity contribution in [3.05, 3.63) is 65.4 Å². The van der Waals surface area contributed by atoms with Crippen LogP contribution in [-0.4, -0.2) is 22.9 Å². The van der Waals surface area contributed by atoms with Gasteiger partial charge in [0.15, 0.2) is 5.78 Å². The lowest BCUT2D eigenvalue weighted by molar-refractivity contribution is -0.137. The molecule has 1 aromatic heterocycles. The molecule has 0 bridgehead atoms. The van der Waals surface area contributed by atoms with Gasteiger partial charge in [0.1, 0.15) is 11.6 Å². The molecule has 0 aliphatic heterocycles. The van der Waals surface area contributed by atoms with E-state index in [0.29, 0.717) is 35.5 Å². The Labute approximate surface area is 182 Å². The number of Topliss-reactive ketones (excluding diaryl/α,β-unsaturated/α-hetero) is 1. The molecule has 1 atom stereocenters. The van der Waals surface area contributed by atoms with Crippen LogP contribution in [0.25, 0.3) is 0 Å². The van der Waals surface area contributed by atoms with E-state index in [9.17, 15) is 18.0 Å². The summed E-state index contributed by atoms with van der Waals surface area (Å²) in [6.45, 7) is 1.96. The highest BCUT2D eigenvalue weighted by atomic mass is 19.4. The number of carbonyl (C=O) groups excluding carboxylic acids is 1. The Morgan fingerprint density at radius 1 is 1.00 bits per heavy atom. The summed E-state index contributed by atoms with van der Waals surface area (Å²) in [7, 11) is 1.57. The number of hydrogen-bond donors (Lipinski definition) is 2. The zero-order valence-corrected chi connectivity index (χ0v) is 17.5. The van der Waals surface area contributed by atoms with Gasteiger partial charge in [0, 0.05) is 17.8 Å². The topological polar surface area (TPSA) is 76.1 Å². The van der Waals surface area contributed by atoms with Gasteiger partial charge in [-0.2, -0.15) is 18.2 Å². The Morgan fingerprint density at radius 2 is 1.75 bits per heavy atom. The predicted molar refractivity (Wildman–Crippen MR) is 115 cm³/mol. The van der Waals surface area contributed by atoms with Gasteiger partial charge in [-0.3, -0.25) is 4.79 Å². The van der Waals surface area contributed by atoms with E-state index < -0.39 is 11.7 Å². The second-order valence-electron chi connectivity index (χ2n) is 7.71. The molecule has 2 aromatic carbocycles. The lowest BCUT2D eigenvalue weighted by Crippen LogP contribution is -2.22. The minimum Gasteiger partial charge on any atom is -0.497 e. The molecule has 32 heavy (non-hydrogen) atoms.